The maximum Gasteiger partial charge on any atom is 0.0721 e. The monoisotopic (exact) mass is 142 g/mol. The molecule has 0 aromatic rings. The Morgan fingerprint density at radius 1 is 0.900 bits per heavy atom. The van der Waals surface area contributed by atoms with Crippen LogP contribution >= 0.6 is 0 Å². The molecular formula is C8H14O2. The molecule has 0 radical (unpaired) electrons. The van der Waals surface area contributed by atoms with E-state index in [1.165, 1.54) is 0 Å². The summed E-state index contributed by atoms with van der Waals surface area (Å²) in [5.74, 6) is 0. The average molecular weight is 142 g/mol. The minimum Gasteiger partial charge on any atom is -0.389 e. The minimum atomic E-state index is -0.338. The van der Waals surface area contributed by atoms with Crippen LogP contribution in [-0.2, 0) is 0 Å². The van der Waals surface area contributed by atoms with Gasteiger partial charge >= 0.3 is 0 Å². The Hall–Kier alpha value is -0.340. The largest absolute Gasteiger partial charge is 0.389 e. The Balaban J connectivity index is 2.42. The van der Waals surface area contributed by atoms with Crippen molar-refractivity contribution in [3.63, 3.8) is 0 Å². The lowest BCUT2D eigenvalue weighted by molar-refractivity contribution is 0.175. The van der Waals surface area contributed by atoms with Crippen LogP contribution in [0.3, 0.4) is 0 Å². The average Bonchev–Trinajstić information content (AvgIpc) is 1.90. The lowest BCUT2D eigenvalue weighted by Gasteiger charge is -2.11. The van der Waals surface area contributed by atoms with Gasteiger partial charge in [0.15, 0.2) is 0 Å². The van der Waals surface area contributed by atoms with Crippen LogP contribution in [0.4, 0.5) is 0 Å². The van der Waals surface area contributed by atoms with Crippen LogP contribution in [0.5, 0.6) is 0 Å². The van der Waals surface area contributed by atoms with Gasteiger partial charge in [-0.2, -0.15) is 0 Å². The highest BCUT2D eigenvalue weighted by Gasteiger charge is 2.06. The SMILES string of the molecule is O[C@@H]1C=C[C@H](O)CCCC1. The van der Waals surface area contributed by atoms with E-state index in [-0.39, 0.29) is 12.2 Å². The minimum absolute atomic E-state index is 0.338. The van der Waals surface area contributed by atoms with E-state index in [9.17, 15) is 0 Å². The zero-order valence-corrected chi connectivity index (χ0v) is 6.03. The van der Waals surface area contributed by atoms with E-state index in [0.717, 1.165) is 25.7 Å². The maximum atomic E-state index is 9.13. The Bertz CT molecular complexity index is 106. The zero-order chi connectivity index (χ0) is 7.40. The number of hydrogen-bond donors (Lipinski definition) is 2. The summed E-state index contributed by atoms with van der Waals surface area (Å²) >= 11 is 0. The van der Waals surface area contributed by atoms with E-state index in [0.29, 0.717) is 0 Å². The smallest absolute Gasteiger partial charge is 0.0721 e. The van der Waals surface area contributed by atoms with Crippen molar-refractivity contribution in [1.82, 2.24) is 0 Å². The molecule has 0 aromatic heterocycles. The summed E-state index contributed by atoms with van der Waals surface area (Å²) in [5, 5.41) is 18.3. The number of rotatable bonds is 0. The second kappa shape index (κ2) is 3.74. The third-order valence-electron chi connectivity index (χ3n) is 1.81. The van der Waals surface area contributed by atoms with Gasteiger partial charge in [-0.25, -0.2) is 0 Å². The molecule has 0 unspecified atom stereocenters. The summed E-state index contributed by atoms with van der Waals surface area (Å²) in [7, 11) is 0. The fraction of sp³-hybridized carbons (Fsp3) is 0.750. The van der Waals surface area contributed by atoms with E-state index in [4.69, 9.17) is 10.2 Å². The molecule has 0 saturated carbocycles. The number of aliphatic hydroxyl groups excluding tert-OH is 2. The van der Waals surface area contributed by atoms with Gasteiger partial charge in [0.2, 0.25) is 0 Å². The van der Waals surface area contributed by atoms with Gasteiger partial charge in [-0.3, -0.25) is 0 Å². The van der Waals surface area contributed by atoms with Gasteiger partial charge in [0.25, 0.3) is 0 Å². The molecule has 2 nitrogen and oxygen atoms in total. The molecule has 0 heterocycles. The Kier molecular flexibility index (Phi) is 2.90. The molecule has 2 atom stereocenters. The first kappa shape index (κ1) is 7.76. The molecule has 0 fully saturated rings. The van der Waals surface area contributed by atoms with Gasteiger partial charge in [0.05, 0.1) is 12.2 Å². The molecule has 0 saturated heterocycles. The lowest BCUT2D eigenvalue weighted by atomic mass is 10.0. The summed E-state index contributed by atoms with van der Waals surface area (Å²) in [6.45, 7) is 0. The van der Waals surface area contributed by atoms with Crippen LogP contribution in [-0.4, -0.2) is 22.4 Å². The first-order chi connectivity index (χ1) is 4.79. The molecule has 1 aliphatic rings. The topological polar surface area (TPSA) is 40.5 Å². The molecule has 58 valence electrons. The molecular weight excluding hydrogens is 128 g/mol. The number of hydrogen-bond acceptors (Lipinski definition) is 2. The Morgan fingerprint density at radius 3 is 1.70 bits per heavy atom. The van der Waals surface area contributed by atoms with Crippen LogP contribution in [0.1, 0.15) is 25.7 Å². The van der Waals surface area contributed by atoms with Crippen molar-refractivity contribution in [1.29, 1.82) is 0 Å². The highest BCUT2D eigenvalue weighted by Crippen LogP contribution is 2.11. The van der Waals surface area contributed by atoms with Crippen molar-refractivity contribution >= 4 is 0 Å². The summed E-state index contributed by atoms with van der Waals surface area (Å²) < 4.78 is 0. The second-order valence-corrected chi connectivity index (χ2v) is 2.80. The standard InChI is InChI=1S/C8H14O2/c9-7-3-1-2-4-8(10)6-5-7/h5-10H,1-4H2/t7-,8+. The Labute approximate surface area is 61.2 Å². The van der Waals surface area contributed by atoms with E-state index < -0.39 is 0 Å². The van der Waals surface area contributed by atoms with Crippen molar-refractivity contribution in [2.24, 2.45) is 0 Å². The predicted molar refractivity (Wildman–Crippen MR) is 39.6 cm³/mol. The van der Waals surface area contributed by atoms with Gasteiger partial charge in [0.1, 0.15) is 0 Å². The highest BCUT2D eigenvalue weighted by atomic mass is 16.3. The molecule has 1 rings (SSSR count). The molecule has 0 bridgehead atoms. The first-order valence-electron chi connectivity index (χ1n) is 3.83. The van der Waals surface area contributed by atoms with Crippen molar-refractivity contribution in [3.05, 3.63) is 12.2 Å². The fourth-order valence-corrected chi connectivity index (χ4v) is 1.16. The second-order valence-electron chi connectivity index (χ2n) is 2.80. The van der Waals surface area contributed by atoms with Gasteiger partial charge in [-0.15, -0.1) is 0 Å². The Morgan fingerprint density at radius 2 is 1.30 bits per heavy atom. The molecule has 0 aliphatic heterocycles. The summed E-state index contributed by atoms with van der Waals surface area (Å²) in [6, 6.07) is 0. The number of aliphatic hydroxyl groups is 2. The van der Waals surface area contributed by atoms with Gasteiger partial charge in [-0.05, 0) is 12.8 Å². The van der Waals surface area contributed by atoms with Gasteiger partial charge < -0.3 is 10.2 Å². The van der Waals surface area contributed by atoms with Crippen LogP contribution in [0.15, 0.2) is 12.2 Å². The summed E-state index contributed by atoms with van der Waals surface area (Å²) in [6.07, 6.45) is 6.40. The van der Waals surface area contributed by atoms with E-state index in [1.807, 2.05) is 0 Å². The maximum absolute atomic E-state index is 9.13. The molecule has 0 amide bonds. The van der Waals surface area contributed by atoms with Crippen LogP contribution in [0.2, 0.25) is 0 Å². The third kappa shape index (κ3) is 2.50. The predicted octanol–water partition coefficient (Wildman–Crippen LogP) is 0.838. The van der Waals surface area contributed by atoms with Crippen molar-refractivity contribution < 1.29 is 10.2 Å². The summed E-state index contributed by atoms with van der Waals surface area (Å²) in [4.78, 5) is 0. The first-order valence-corrected chi connectivity index (χ1v) is 3.83. The molecule has 2 N–H and O–H groups in total. The zero-order valence-electron chi connectivity index (χ0n) is 6.03. The van der Waals surface area contributed by atoms with Crippen LogP contribution in [0.25, 0.3) is 0 Å². The molecule has 1 aliphatic carbocycles. The lowest BCUT2D eigenvalue weighted by Crippen LogP contribution is -2.10. The van der Waals surface area contributed by atoms with Gasteiger partial charge in [0, 0.05) is 0 Å². The normalized spacial score (nSPS) is 35.0. The third-order valence-corrected chi connectivity index (χ3v) is 1.81. The molecule has 0 aromatic carbocycles. The fourth-order valence-electron chi connectivity index (χ4n) is 1.16. The van der Waals surface area contributed by atoms with E-state index >= 15 is 0 Å². The van der Waals surface area contributed by atoms with Gasteiger partial charge in [-0.1, -0.05) is 25.0 Å². The van der Waals surface area contributed by atoms with E-state index in [1.54, 1.807) is 12.2 Å². The molecule has 2 heteroatoms. The highest BCUT2D eigenvalue weighted by molar-refractivity contribution is 4.94. The van der Waals surface area contributed by atoms with Crippen molar-refractivity contribution in [3.8, 4) is 0 Å². The molecule has 10 heavy (non-hydrogen) atoms. The van der Waals surface area contributed by atoms with Crippen molar-refractivity contribution in [2.75, 3.05) is 0 Å². The van der Waals surface area contributed by atoms with Crippen LogP contribution < -0.4 is 0 Å². The summed E-state index contributed by atoms with van der Waals surface area (Å²) in [5.41, 5.74) is 0. The van der Waals surface area contributed by atoms with Crippen molar-refractivity contribution in [2.45, 2.75) is 37.9 Å². The van der Waals surface area contributed by atoms with Crippen LogP contribution in [0, 0.1) is 0 Å². The van der Waals surface area contributed by atoms with E-state index in [2.05, 4.69) is 0 Å². The molecule has 0 spiro atoms. The quantitative estimate of drug-likeness (QED) is 0.492.